The zero-order valence-electron chi connectivity index (χ0n) is 27.2. The van der Waals surface area contributed by atoms with Gasteiger partial charge in [-0.1, -0.05) is 170 Å². The molecule has 2 heteroatoms. The molecule has 0 N–H and O–H groups in total. The fraction of sp³-hybridized carbons (Fsp3) is 0.488. The fourth-order valence-corrected chi connectivity index (χ4v) is 6.48. The van der Waals surface area contributed by atoms with E-state index >= 15 is 0 Å². The van der Waals surface area contributed by atoms with Crippen LogP contribution in [0.5, 0.6) is 0 Å². The van der Waals surface area contributed by atoms with Crippen molar-refractivity contribution in [2.24, 2.45) is 0 Å². The number of aryl methyl sites for hydroxylation is 1. The van der Waals surface area contributed by atoms with Crippen LogP contribution in [-0.4, -0.2) is 4.57 Å². The SMILES string of the molecule is CCCCCCCCCCCCCCCC[n+]1cc(CC(C)c2ccccc2)n(-c2ccccc2)c1Cc1ccccc1. The summed E-state index contributed by atoms with van der Waals surface area (Å²) in [5.74, 6) is 1.85. The van der Waals surface area contributed by atoms with Gasteiger partial charge in [0.2, 0.25) is 0 Å². The third kappa shape index (κ3) is 11.1. The van der Waals surface area contributed by atoms with Gasteiger partial charge in [0.05, 0.1) is 13.0 Å². The molecule has 1 atom stereocenters. The number of imidazole rings is 1. The number of hydrogen-bond donors (Lipinski definition) is 0. The Labute approximate surface area is 263 Å². The molecule has 2 nitrogen and oxygen atoms in total. The minimum Gasteiger partial charge on any atom is -0.233 e. The van der Waals surface area contributed by atoms with Crippen molar-refractivity contribution < 1.29 is 4.57 Å². The summed E-state index contributed by atoms with van der Waals surface area (Å²) >= 11 is 0. The Bertz CT molecular complexity index is 1260. The van der Waals surface area contributed by atoms with Crippen LogP contribution >= 0.6 is 0 Å². The van der Waals surface area contributed by atoms with Crippen LogP contribution in [0.4, 0.5) is 0 Å². The summed E-state index contributed by atoms with van der Waals surface area (Å²) in [6, 6.07) is 33.0. The number of rotatable bonds is 21. The molecule has 0 amide bonds. The van der Waals surface area contributed by atoms with Crippen LogP contribution in [0.2, 0.25) is 0 Å². The quantitative estimate of drug-likeness (QED) is 0.0688. The minimum atomic E-state index is 0.456. The Hall–Kier alpha value is -3.13. The summed E-state index contributed by atoms with van der Waals surface area (Å²) in [6.07, 6.45) is 24.0. The number of unbranched alkanes of at least 4 members (excludes halogenated alkanes) is 13. The van der Waals surface area contributed by atoms with Gasteiger partial charge in [-0.2, -0.15) is 4.57 Å². The average molecular weight is 578 g/mol. The Balaban J connectivity index is 1.36. The van der Waals surface area contributed by atoms with E-state index in [9.17, 15) is 0 Å². The number of benzene rings is 3. The predicted molar refractivity (Wildman–Crippen MR) is 184 cm³/mol. The van der Waals surface area contributed by atoms with Crippen molar-refractivity contribution in [3.8, 4) is 5.69 Å². The second kappa shape index (κ2) is 19.2. The molecular weight excluding hydrogens is 520 g/mol. The van der Waals surface area contributed by atoms with Gasteiger partial charge in [-0.15, -0.1) is 0 Å². The largest absolute Gasteiger partial charge is 0.266 e. The molecule has 0 radical (unpaired) electrons. The first-order chi connectivity index (χ1) is 21.3. The zero-order chi connectivity index (χ0) is 30.0. The smallest absolute Gasteiger partial charge is 0.233 e. The molecule has 3 aromatic carbocycles. The van der Waals surface area contributed by atoms with E-state index in [-0.39, 0.29) is 0 Å². The van der Waals surface area contributed by atoms with Crippen LogP contribution in [0.3, 0.4) is 0 Å². The van der Waals surface area contributed by atoms with Crippen molar-refractivity contribution in [3.05, 3.63) is 120 Å². The van der Waals surface area contributed by atoms with Crippen LogP contribution in [0, 0.1) is 0 Å². The first kappa shape index (κ1) is 32.8. The first-order valence-corrected chi connectivity index (χ1v) is 17.5. The summed E-state index contributed by atoms with van der Waals surface area (Å²) in [5.41, 5.74) is 5.45. The van der Waals surface area contributed by atoms with Crippen LogP contribution in [-0.2, 0) is 19.4 Å². The number of aromatic nitrogens is 2. The van der Waals surface area contributed by atoms with E-state index < -0.39 is 0 Å². The molecule has 0 saturated heterocycles. The summed E-state index contributed by atoms with van der Waals surface area (Å²) in [7, 11) is 0. The van der Waals surface area contributed by atoms with Gasteiger partial charge < -0.3 is 0 Å². The standard InChI is InChI=1S/C41H57N2/c1-3-4-5-6-7-8-9-10-11-12-13-14-15-25-32-42-35-40(33-36(2)38-28-21-17-22-29-38)43(39-30-23-18-24-31-39)41(42)34-37-26-19-16-20-27-37/h16-24,26-31,35-36H,3-15,25,32-34H2,1-2H3/q+1. The molecule has 4 rings (SSSR count). The third-order valence-corrected chi connectivity index (χ3v) is 9.04. The summed E-state index contributed by atoms with van der Waals surface area (Å²) < 4.78 is 5.13. The molecule has 0 fully saturated rings. The van der Waals surface area contributed by atoms with E-state index in [0.717, 1.165) is 19.4 Å². The molecule has 0 aliphatic heterocycles. The van der Waals surface area contributed by atoms with Crippen LogP contribution < -0.4 is 4.57 Å². The lowest BCUT2D eigenvalue weighted by atomic mass is 9.96. The zero-order valence-corrected chi connectivity index (χ0v) is 27.2. The maximum absolute atomic E-state index is 2.58. The highest BCUT2D eigenvalue weighted by Crippen LogP contribution is 2.24. The lowest BCUT2D eigenvalue weighted by Gasteiger charge is -2.11. The van der Waals surface area contributed by atoms with Crippen molar-refractivity contribution >= 4 is 0 Å². The maximum atomic E-state index is 2.58. The average Bonchev–Trinajstić information content (AvgIpc) is 3.38. The molecule has 0 aliphatic rings. The molecule has 1 unspecified atom stereocenters. The predicted octanol–water partition coefficient (Wildman–Crippen LogP) is 11.2. The highest BCUT2D eigenvalue weighted by Gasteiger charge is 2.26. The van der Waals surface area contributed by atoms with Gasteiger partial charge in [-0.3, -0.25) is 0 Å². The van der Waals surface area contributed by atoms with Crippen molar-refractivity contribution in [1.29, 1.82) is 0 Å². The highest BCUT2D eigenvalue weighted by molar-refractivity contribution is 5.36. The van der Waals surface area contributed by atoms with E-state index in [2.05, 4.69) is 120 Å². The van der Waals surface area contributed by atoms with Gasteiger partial charge in [0.25, 0.3) is 5.82 Å². The highest BCUT2D eigenvalue weighted by atomic mass is 15.2. The van der Waals surface area contributed by atoms with Crippen molar-refractivity contribution in [2.75, 3.05) is 0 Å². The number of para-hydroxylation sites is 1. The Morgan fingerprint density at radius 2 is 1.07 bits per heavy atom. The van der Waals surface area contributed by atoms with Gasteiger partial charge in [-0.05, 0) is 42.0 Å². The Kier molecular flexibility index (Phi) is 14.6. The molecule has 0 saturated carbocycles. The minimum absolute atomic E-state index is 0.456. The van der Waals surface area contributed by atoms with E-state index in [1.54, 1.807) is 0 Å². The van der Waals surface area contributed by atoms with E-state index in [0.29, 0.717) is 5.92 Å². The molecule has 230 valence electrons. The van der Waals surface area contributed by atoms with Gasteiger partial charge in [0.1, 0.15) is 17.6 Å². The lowest BCUT2D eigenvalue weighted by Crippen LogP contribution is -2.37. The molecule has 0 aliphatic carbocycles. The topological polar surface area (TPSA) is 8.81 Å². The second-order valence-corrected chi connectivity index (χ2v) is 12.7. The second-order valence-electron chi connectivity index (χ2n) is 12.7. The van der Waals surface area contributed by atoms with Crippen LogP contribution in [0.25, 0.3) is 5.69 Å². The Morgan fingerprint density at radius 1 is 0.581 bits per heavy atom. The summed E-state index contributed by atoms with van der Waals surface area (Å²) in [6.45, 7) is 5.76. The molecule has 1 heterocycles. The van der Waals surface area contributed by atoms with Crippen molar-refractivity contribution in [2.45, 2.75) is 129 Å². The summed E-state index contributed by atoms with van der Waals surface area (Å²) in [4.78, 5) is 0. The molecule has 4 aromatic rings. The molecule has 0 spiro atoms. The summed E-state index contributed by atoms with van der Waals surface area (Å²) in [5, 5.41) is 0. The van der Waals surface area contributed by atoms with Gasteiger partial charge in [-0.25, -0.2) is 4.57 Å². The van der Waals surface area contributed by atoms with Crippen LogP contribution in [0.15, 0.2) is 97.2 Å². The molecule has 1 aromatic heterocycles. The maximum Gasteiger partial charge on any atom is 0.266 e. The van der Waals surface area contributed by atoms with Crippen molar-refractivity contribution in [3.63, 3.8) is 0 Å². The van der Waals surface area contributed by atoms with Crippen molar-refractivity contribution in [1.82, 2.24) is 4.57 Å². The fourth-order valence-electron chi connectivity index (χ4n) is 6.48. The van der Waals surface area contributed by atoms with E-state index in [1.165, 1.54) is 118 Å². The molecule has 0 bridgehead atoms. The normalized spacial score (nSPS) is 12.0. The van der Waals surface area contributed by atoms with E-state index in [1.807, 2.05) is 0 Å². The molecular formula is C41H57N2+. The number of hydrogen-bond acceptors (Lipinski definition) is 0. The molecule has 43 heavy (non-hydrogen) atoms. The van der Waals surface area contributed by atoms with Crippen LogP contribution in [0.1, 0.15) is 132 Å². The first-order valence-electron chi connectivity index (χ1n) is 17.5. The van der Waals surface area contributed by atoms with Gasteiger partial charge >= 0.3 is 0 Å². The lowest BCUT2D eigenvalue weighted by molar-refractivity contribution is -0.703. The monoisotopic (exact) mass is 577 g/mol. The Morgan fingerprint density at radius 3 is 1.63 bits per heavy atom. The van der Waals surface area contributed by atoms with Gasteiger partial charge in [0, 0.05) is 6.42 Å². The third-order valence-electron chi connectivity index (χ3n) is 9.04. The van der Waals surface area contributed by atoms with Gasteiger partial charge in [0.15, 0.2) is 0 Å². The van der Waals surface area contributed by atoms with E-state index in [4.69, 9.17) is 0 Å². The number of nitrogens with zero attached hydrogens (tertiary/aromatic N) is 2.